The molecule has 1 aromatic carbocycles. The maximum absolute atomic E-state index is 13.8. The molecule has 0 heterocycles. The molecule has 2 aliphatic rings. The molecule has 3 rings (SSSR count). The van der Waals surface area contributed by atoms with Crippen molar-refractivity contribution in [2.24, 2.45) is 5.41 Å². The molecule has 3 atom stereocenters. The molecule has 0 unspecified atom stereocenters. The molecule has 0 spiro atoms. The van der Waals surface area contributed by atoms with Crippen LogP contribution in [0.15, 0.2) is 0 Å². The monoisotopic (exact) mass is 260 g/mol. The number of benzene rings is 1. The van der Waals surface area contributed by atoms with Gasteiger partial charge < -0.3 is 5.11 Å². The Morgan fingerprint density at radius 3 is 2.00 bits per heavy atom. The first-order valence-electron chi connectivity index (χ1n) is 5.82. The van der Waals surface area contributed by atoms with Gasteiger partial charge in [-0.3, -0.25) is 0 Å². The fourth-order valence-corrected chi connectivity index (χ4v) is 3.55. The summed E-state index contributed by atoms with van der Waals surface area (Å²) in [7, 11) is 0. The fourth-order valence-electron chi connectivity index (χ4n) is 3.55. The highest BCUT2D eigenvalue weighted by Crippen LogP contribution is 2.63. The lowest BCUT2D eigenvalue weighted by Crippen LogP contribution is -2.35. The molecule has 1 saturated carbocycles. The molecule has 0 aliphatic heterocycles. The van der Waals surface area contributed by atoms with E-state index in [0.717, 1.165) is 0 Å². The van der Waals surface area contributed by atoms with Gasteiger partial charge in [-0.2, -0.15) is 0 Å². The summed E-state index contributed by atoms with van der Waals surface area (Å²) in [5.74, 6) is -7.34. The van der Waals surface area contributed by atoms with Gasteiger partial charge in [-0.25, -0.2) is 17.6 Å². The predicted molar refractivity (Wildman–Crippen MR) is 56.2 cm³/mol. The lowest BCUT2D eigenvalue weighted by atomic mass is 9.71. The third-order valence-electron chi connectivity index (χ3n) is 4.59. The number of aliphatic hydroxyl groups excluding tert-OH is 1. The second-order valence-electron chi connectivity index (χ2n) is 5.74. The Morgan fingerprint density at radius 2 is 1.44 bits per heavy atom. The van der Waals surface area contributed by atoms with Gasteiger partial charge >= 0.3 is 0 Å². The minimum absolute atomic E-state index is 0.0910. The molecule has 2 aliphatic carbocycles. The van der Waals surface area contributed by atoms with E-state index in [1.54, 1.807) is 13.8 Å². The van der Waals surface area contributed by atoms with Crippen molar-refractivity contribution in [1.29, 1.82) is 0 Å². The topological polar surface area (TPSA) is 20.2 Å². The van der Waals surface area contributed by atoms with Crippen LogP contribution in [0.5, 0.6) is 0 Å². The largest absolute Gasteiger partial charge is 0.392 e. The molecule has 5 heteroatoms. The molecule has 98 valence electrons. The number of rotatable bonds is 0. The van der Waals surface area contributed by atoms with Gasteiger partial charge in [-0.15, -0.1) is 0 Å². The number of halogens is 4. The highest BCUT2D eigenvalue weighted by atomic mass is 19.2. The highest BCUT2D eigenvalue weighted by Gasteiger charge is 2.58. The summed E-state index contributed by atoms with van der Waals surface area (Å²) >= 11 is 0. The molecule has 1 fully saturated rings. The molecule has 0 amide bonds. The Balaban J connectivity index is 2.33. The van der Waals surface area contributed by atoms with Crippen LogP contribution in [0.3, 0.4) is 0 Å². The molecule has 0 radical (unpaired) electrons. The highest BCUT2D eigenvalue weighted by molar-refractivity contribution is 5.47. The number of fused-ring (bicyclic) bond motifs is 5. The Labute approximate surface area is 101 Å². The number of hydrogen-bond acceptors (Lipinski definition) is 1. The Bertz CT molecular complexity index is 553. The lowest BCUT2D eigenvalue weighted by molar-refractivity contribution is 0.0491. The van der Waals surface area contributed by atoms with Crippen LogP contribution in [-0.4, -0.2) is 11.2 Å². The van der Waals surface area contributed by atoms with Gasteiger partial charge in [0, 0.05) is 17.0 Å². The lowest BCUT2D eigenvalue weighted by Gasteiger charge is -2.36. The minimum Gasteiger partial charge on any atom is -0.392 e. The van der Waals surface area contributed by atoms with Gasteiger partial charge in [0.1, 0.15) is 0 Å². The maximum atomic E-state index is 13.8. The molecular formula is C13H12F4O. The summed E-state index contributed by atoms with van der Waals surface area (Å²) in [5.41, 5.74) is -0.926. The van der Waals surface area contributed by atoms with E-state index in [0.29, 0.717) is 6.42 Å². The van der Waals surface area contributed by atoms with Crippen LogP contribution in [0.25, 0.3) is 0 Å². The van der Waals surface area contributed by atoms with Crippen LogP contribution in [-0.2, 0) is 0 Å². The summed E-state index contributed by atoms with van der Waals surface area (Å²) in [4.78, 5) is 0. The number of aliphatic hydroxyl groups is 1. The smallest absolute Gasteiger partial charge is 0.197 e. The van der Waals surface area contributed by atoms with Crippen LogP contribution in [0.1, 0.15) is 43.2 Å². The van der Waals surface area contributed by atoms with E-state index >= 15 is 0 Å². The van der Waals surface area contributed by atoms with E-state index in [9.17, 15) is 22.7 Å². The van der Waals surface area contributed by atoms with Crippen molar-refractivity contribution in [2.45, 2.75) is 38.2 Å². The summed E-state index contributed by atoms with van der Waals surface area (Å²) in [6, 6.07) is 0. The molecule has 0 saturated heterocycles. The van der Waals surface area contributed by atoms with Gasteiger partial charge in [0.2, 0.25) is 0 Å². The van der Waals surface area contributed by atoms with Gasteiger partial charge in [0.15, 0.2) is 23.3 Å². The molecule has 1 nitrogen and oxygen atoms in total. The second-order valence-corrected chi connectivity index (χ2v) is 5.74. The van der Waals surface area contributed by atoms with Crippen molar-refractivity contribution in [3.05, 3.63) is 34.4 Å². The molecule has 2 bridgehead atoms. The summed E-state index contributed by atoms with van der Waals surface area (Å²) < 4.78 is 54.0. The van der Waals surface area contributed by atoms with Crippen LogP contribution in [0.2, 0.25) is 0 Å². The van der Waals surface area contributed by atoms with Gasteiger partial charge in [-0.1, -0.05) is 13.8 Å². The van der Waals surface area contributed by atoms with E-state index in [2.05, 4.69) is 0 Å². The fraction of sp³-hybridized carbons (Fsp3) is 0.538. The minimum atomic E-state index is -1.79. The maximum Gasteiger partial charge on any atom is 0.197 e. The Morgan fingerprint density at radius 1 is 0.944 bits per heavy atom. The van der Waals surface area contributed by atoms with Gasteiger partial charge in [0.05, 0.1) is 6.10 Å². The molecular weight excluding hydrogens is 248 g/mol. The molecule has 18 heavy (non-hydrogen) atoms. The zero-order valence-corrected chi connectivity index (χ0v) is 9.90. The SMILES string of the molecule is CC1(C)[C@@H]2C[C@@H](c3c(F)c(F)c(F)c(F)c32)[C@H]1O. The van der Waals surface area contributed by atoms with E-state index in [1.807, 2.05) is 0 Å². The first kappa shape index (κ1) is 12.0. The summed E-state index contributed by atoms with van der Waals surface area (Å²) in [6.07, 6.45) is -0.533. The third-order valence-corrected chi connectivity index (χ3v) is 4.59. The van der Waals surface area contributed by atoms with Crippen LogP contribution < -0.4 is 0 Å². The average molecular weight is 260 g/mol. The third kappa shape index (κ3) is 1.11. The molecule has 1 N–H and O–H groups in total. The van der Waals surface area contributed by atoms with Crippen molar-refractivity contribution < 1.29 is 22.7 Å². The second kappa shape index (κ2) is 3.26. The van der Waals surface area contributed by atoms with Crippen molar-refractivity contribution >= 4 is 0 Å². The van der Waals surface area contributed by atoms with Gasteiger partial charge in [-0.05, 0) is 17.8 Å². The molecule has 1 aromatic rings. The molecule has 0 aromatic heterocycles. The zero-order chi connectivity index (χ0) is 13.4. The quantitative estimate of drug-likeness (QED) is 0.431. The Kier molecular flexibility index (Phi) is 2.17. The standard InChI is InChI=1S/C13H12F4O/c1-13(2)5-3-4(12(13)18)6-7(5)9(15)11(17)10(16)8(6)14/h4-5,12,18H,3H2,1-2H3/t4-,5+,12+/m0/s1. The first-order valence-corrected chi connectivity index (χ1v) is 5.82. The van der Waals surface area contributed by atoms with Gasteiger partial charge in [0.25, 0.3) is 0 Å². The number of hydrogen-bond donors (Lipinski definition) is 1. The predicted octanol–water partition coefficient (Wildman–Crippen LogP) is 3.21. The van der Waals surface area contributed by atoms with E-state index in [4.69, 9.17) is 0 Å². The van der Waals surface area contributed by atoms with Crippen molar-refractivity contribution in [3.8, 4) is 0 Å². The Hall–Kier alpha value is -1.10. The van der Waals surface area contributed by atoms with Crippen LogP contribution in [0, 0.1) is 28.7 Å². The van der Waals surface area contributed by atoms with Crippen molar-refractivity contribution in [2.75, 3.05) is 0 Å². The first-order chi connectivity index (χ1) is 8.28. The average Bonchev–Trinajstić information content (AvgIpc) is 2.81. The summed E-state index contributed by atoms with van der Waals surface area (Å²) in [6.45, 7) is 3.45. The van der Waals surface area contributed by atoms with Crippen LogP contribution in [0.4, 0.5) is 17.6 Å². The van der Waals surface area contributed by atoms with E-state index in [-0.39, 0.29) is 11.1 Å². The van der Waals surface area contributed by atoms with E-state index < -0.39 is 46.6 Å². The normalized spacial score (nSPS) is 31.8. The zero-order valence-electron chi connectivity index (χ0n) is 9.90. The summed E-state index contributed by atoms with van der Waals surface area (Å²) in [5, 5.41) is 10.1. The van der Waals surface area contributed by atoms with Crippen molar-refractivity contribution in [1.82, 2.24) is 0 Å². The van der Waals surface area contributed by atoms with E-state index in [1.165, 1.54) is 0 Å². The van der Waals surface area contributed by atoms with Crippen LogP contribution >= 0.6 is 0 Å². The van der Waals surface area contributed by atoms with Crippen molar-refractivity contribution in [3.63, 3.8) is 0 Å².